The monoisotopic (exact) mass is 296 g/mol. The van der Waals surface area contributed by atoms with Crippen molar-refractivity contribution >= 4 is 33.2 Å². The largest absolute Gasteiger partial charge is 0.455 e. The molecule has 104 valence electrons. The third kappa shape index (κ3) is 3.01. The Morgan fingerprint density at radius 1 is 1.00 bits per heavy atom. The Morgan fingerprint density at radius 2 is 1.81 bits per heavy atom. The van der Waals surface area contributed by atoms with E-state index in [-0.39, 0.29) is 6.61 Å². The van der Waals surface area contributed by atoms with E-state index in [0.717, 1.165) is 15.6 Å². The zero-order chi connectivity index (χ0) is 14.7. The molecule has 1 heterocycles. The smallest absolute Gasteiger partial charge is 0.380 e. The van der Waals surface area contributed by atoms with Gasteiger partial charge in [0.25, 0.3) is 5.78 Å². The first-order valence-corrected chi connectivity index (χ1v) is 7.34. The lowest BCUT2D eigenvalue weighted by atomic mass is 10.1. The first-order valence-electron chi connectivity index (χ1n) is 6.47. The van der Waals surface area contributed by atoms with Gasteiger partial charge in [-0.15, -0.1) is 11.3 Å². The van der Waals surface area contributed by atoms with Gasteiger partial charge in [-0.1, -0.05) is 30.3 Å². The predicted molar refractivity (Wildman–Crippen MR) is 82.4 cm³/mol. The lowest BCUT2D eigenvalue weighted by Gasteiger charge is -2.04. The number of ether oxygens (including phenoxy) is 1. The van der Waals surface area contributed by atoms with Crippen LogP contribution in [-0.2, 0) is 16.1 Å². The SMILES string of the molecule is O=C(OCc1ccccc1)C(=O)c1ccc2sccc2c1. The van der Waals surface area contributed by atoms with Crippen LogP contribution < -0.4 is 0 Å². The van der Waals surface area contributed by atoms with Gasteiger partial charge in [-0.05, 0) is 40.6 Å². The summed E-state index contributed by atoms with van der Waals surface area (Å²) in [5, 5.41) is 2.91. The second-order valence-corrected chi connectivity index (χ2v) is 5.51. The van der Waals surface area contributed by atoms with Crippen molar-refractivity contribution in [2.75, 3.05) is 0 Å². The second-order valence-electron chi connectivity index (χ2n) is 4.56. The van der Waals surface area contributed by atoms with Gasteiger partial charge in [0.15, 0.2) is 0 Å². The van der Waals surface area contributed by atoms with Gasteiger partial charge in [0.2, 0.25) is 0 Å². The summed E-state index contributed by atoms with van der Waals surface area (Å²) in [7, 11) is 0. The van der Waals surface area contributed by atoms with Crippen molar-refractivity contribution < 1.29 is 14.3 Å². The molecule has 3 rings (SSSR count). The van der Waals surface area contributed by atoms with E-state index in [0.29, 0.717) is 5.56 Å². The summed E-state index contributed by atoms with van der Waals surface area (Å²) >= 11 is 1.60. The molecule has 1 aromatic heterocycles. The number of carbonyl (C=O) groups is 2. The Labute approximate surface area is 125 Å². The van der Waals surface area contributed by atoms with E-state index in [1.54, 1.807) is 23.5 Å². The van der Waals surface area contributed by atoms with Gasteiger partial charge in [-0.3, -0.25) is 4.79 Å². The third-order valence-corrected chi connectivity index (χ3v) is 4.01. The summed E-state index contributed by atoms with van der Waals surface area (Å²) in [5.41, 5.74) is 1.21. The molecule has 3 nitrogen and oxygen atoms in total. The summed E-state index contributed by atoms with van der Waals surface area (Å²) in [6, 6.07) is 16.4. The van der Waals surface area contributed by atoms with E-state index in [1.807, 2.05) is 47.8 Å². The first kappa shape index (κ1) is 13.5. The molecule has 0 aliphatic carbocycles. The van der Waals surface area contributed by atoms with Crippen molar-refractivity contribution in [1.29, 1.82) is 0 Å². The highest BCUT2D eigenvalue weighted by atomic mass is 32.1. The highest BCUT2D eigenvalue weighted by molar-refractivity contribution is 7.17. The molecular formula is C17H12O3S. The molecule has 0 N–H and O–H groups in total. The van der Waals surface area contributed by atoms with E-state index in [4.69, 9.17) is 4.74 Å². The lowest BCUT2D eigenvalue weighted by Crippen LogP contribution is -2.17. The maximum atomic E-state index is 12.1. The maximum absolute atomic E-state index is 12.1. The number of carbonyl (C=O) groups excluding carboxylic acids is 2. The summed E-state index contributed by atoms with van der Waals surface area (Å²) in [4.78, 5) is 23.9. The van der Waals surface area contributed by atoms with Gasteiger partial charge < -0.3 is 4.74 Å². The fraction of sp³-hybridized carbons (Fsp3) is 0.0588. The first-order chi connectivity index (χ1) is 10.2. The Kier molecular flexibility index (Phi) is 3.79. The number of rotatable bonds is 4. The molecule has 0 fully saturated rings. The van der Waals surface area contributed by atoms with E-state index in [1.165, 1.54) is 0 Å². The number of esters is 1. The van der Waals surface area contributed by atoms with Gasteiger partial charge in [-0.2, -0.15) is 0 Å². The minimum absolute atomic E-state index is 0.103. The van der Waals surface area contributed by atoms with Crippen LogP contribution >= 0.6 is 11.3 Å². The molecule has 0 saturated carbocycles. The molecule has 0 radical (unpaired) electrons. The Bertz CT molecular complexity index is 790. The number of hydrogen-bond acceptors (Lipinski definition) is 4. The third-order valence-electron chi connectivity index (χ3n) is 3.11. The zero-order valence-electron chi connectivity index (χ0n) is 11.1. The standard InChI is InChI=1S/C17H12O3S/c18-16(14-6-7-15-13(10-14)8-9-21-15)17(19)20-11-12-4-2-1-3-5-12/h1-10H,11H2. The van der Waals surface area contributed by atoms with Crippen molar-refractivity contribution in [1.82, 2.24) is 0 Å². The molecule has 0 atom stereocenters. The van der Waals surface area contributed by atoms with Crippen LogP contribution in [0.5, 0.6) is 0 Å². The Morgan fingerprint density at radius 3 is 2.62 bits per heavy atom. The van der Waals surface area contributed by atoms with Crippen LogP contribution in [0.4, 0.5) is 0 Å². The molecule has 3 aromatic rings. The topological polar surface area (TPSA) is 43.4 Å². The van der Waals surface area contributed by atoms with Crippen LogP contribution in [0.1, 0.15) is 15.9 Å². The van der Waals surface area contributed by atoms with Crippen molar-refractivity contribution in [2.24, 2.45) is 0 Å². The van der Waals surface area contributed by atoms with Crippen LogP contribution in [0.3, 0.4) is 0 Å². The second kappa shape index (κ2) is 5.89. The van der Waals surface area contributed by atoms with E-state index >= 15 is 0 Å². The van der Waals surface area contributed by atoms with Gasteiger partial charge in [0, 0.05) is 10.3 Å². The fourth-order valence-corrected chi connectivity index (χ4v) is 2.79. The van der Waals surface area contributed by atoms with Gasteiger partial charge >= 0.3 is 5.97 Å². The van der Waals surface area contributed by atoms with Crippen LogP contribution in [0, 0.1) is 0 Å². The minimum atomic E-state index is -0.826. The molecule has 4 heteroatoms. The quantitative estimate of drug-likeness (QED) is 0.417. The molecule has 21 heavy (non-hydrogen) atoms. The molecule has 0 saturated heterocycles. The van der Waals surface area contributed by atoms with Crippen molar-refractivity contribution in [2.45, 2.75) is 6.61 Å². The zero-order valence-corrected chi connectivity index (χ0v) is 11.9. The Hall–Kier alpha value is -2.46. The van der Waals surface area contributed by atoms with Crippen LogP contribution in [-0.4, -0.2) is 11.8 Å². The van der Waals surface area contributed by atoms with Gasteiger partial charge in [0.1, 0.15) is 6.61 Å². The Balaban J connectivity index is 1.70. The van der Waals surface area contributed by atoms with Crippen LogP contribution in [0.15, 0.2) is 60.0 Å². The average molecular weight is 296 g/mol. The lowest BCUT2D eigenvalue weighted by molar-refractivity contribution is -0.139. The number of ketones is 1. The highest BCUT2D eigenvalue weighted by Crippen LogP contribution is 2.22. The van der Waals surface area contributed by atoms with Crippen LogP contribution in [0.25, 0.3) is 10.1 Å². The van der Waals surface area contributed by atoms with Crippen molar-refractivity contribution in [3.05, 3.63) is 71.1 Å². The van der Waals surface area contributed by atoms with E-state index in [2.05, 4.69) is 0 Å². The number of benzene rings is 2. The molecular weight excluding hydrogens is 284 g/mol. The molecule has 0 amide bonds. The summed E-state index contributed by atoms with van der Waals surface area (Å²) < 4.78 is 6.14. The minimum Gasteiger partial charge on any atom is -0.455 e. The average Bonchev–Trinajstić information content (AvgIpc) is 3.00. The molecule has 0 unspecified atom stereocenters. The number of fused-ring (bicyclic) bond motifs is 1. The molecule has 2 aromatic carbocycles. The fourth-order valence-electron chi connectivity index (χ4n) is 2.01. The van der Waals surface area contributed by atoms with Crippen LogP contribution in [0.2, 0.25) is 0 Å². The highest BCUT2D eigenvalue weighted by Gasteiger charge is 2.18. The molecule has 0 aliphatic heterocycles. The number of thiophene rings is 1. The maximum Gasteiger partial charge on any atom is 0.380 e. The van der Waals surface area contributed by atoms with E-state index in [9.17, 15) is 9.59 Å². The number of hydrogen-bond donors (Lipinski definition) is 0. The summed E-state index contributed by atoms with van der Waals surface area (Å²) in [5.74, 6) is -1.44. The molecule has 0 aliphatic rings. The summed E-state index contributed by atoms with van der Waals surface area (Å²) in [6.45, 7) is 0.103. The van der Waals surface area contributed by atoms with Crippen molar-refractivity contribution in [3.8, 4) is 0 Å². The van der Waals surface area contributed by atoms with Crippen molar-refractivity contribution in [3.63, 3.8) is 0 Å². The summed E-state index contributed by atoms with van der Waals surface area (Å²) in [6.07, 6.45) is 0. The van der Waals surface area contributed by atoms with Gasteiger partial charge in [-0.25, -0.2) is 4.79 Å². The molecule has 0 bridgehead atoms. The predicted octanol–water partition coefficient (Wildman–Crippen LogP) is 3.83. The van der Waals surface area contributed by atoms with E-state index < -0.39 is 11.8 Å². The molecule has 0 spiro atoms. The normalized spacial score (nSPS) is 10.5. The van der Waals surface area contributed by atoms with Gasteiger partial charge in [0.05, 0.1) is 0 Å². The number of Topliss-reactive ketones (excluding diaryl/α,β-unsaturated/α-hetero) is 1.